The number of fused-ring (bicyclic) bond motifs is 1. The van der Waals surface area contributed by atoms with Crippen LogP contribution in [0.1, 0.15) is 5.69 Å². The van der Waals surface area contributed by atoms with E-state index in [0.29, 0.717) is 36.2 Å². The maximum Gasteiger partial charge on any atom is 0.264 e. The van der Waals surface area contributed by atoms with Crippen LogP contribution in [0.25, 0.3) is 5.82 Å². The normalized spacial score (nSPS) is 15.1. The Morgan fingerprint density at radius 1 is 1.14 bits per heavy atom. The molecule has 1 amide bonds. The number of carbonyl (C=O) groups is 1. The van der Waals surface area contributed by atoms with E-state index in [2.05, 4.69) is 25.9 Å². The molecule has 4 rings (SSSR count). The molecule has 0 radical (unpaired) electrons. The van der Waals surface area contributed by atoms with E-state index in [1.807, 2.05) is 49.5 Å². The van der Waals surface area contributed by atoms with Gasteiger partial charge in [-0.25, -0.2) is 4.68 Å². The molecule has 0 saturated heterocycles. The number of carbonyl (C=O) groups excluding carboxylic acids is 1. The number of hydrogen-bond donors (Lipinski definition) is 2. The minimum absolute atomic E-state index is 0.191. The Morgan fingerprint density at radius 3 is 2.75 bits per heavy atom. The average molecular weight is 380 g/mol. The van der Waals surface area contributed by atoms with Gasteiger partial charge >= 0.3 is 0 Å². The molecule has 1 atom stereocenters. The van der Waals surface area contributed by atoms with Gasteiger partial charge < -0.3 is 20.1 Å². The largest absolute Gasteiger partial charge is 0.485 e. The SMILES string of the molecule is Cc1ccn(-c2ccc(NCCNC(=O)C3COc4ccccc4O3)nn2)n1. The Hall–Kier alpha value is -3.62. The summed E-state index contributed by atoms with van der Waals surface area (Å²) >= 11 is 0. The van der Waals surface area contributed by atoms with Crippen molar-refractivity contribution in [2.75, 3.05) is 25.0 Å². The third-order valence-corrected chi connectivity index (χ3v) is 4.14. The lowest BCUT2D eigenvalue weighted by Crippen LogP contribution is -2.45. The monoisotopic (exact) mass is 380 g/mol. The molecule has 2 N–H and O–H groups in total. The number of rotatable bonds is 6. The second-order valence-electron chi connectivity index (χ2n) is 6.26. The van der Waals surface area contributed by atoms with Crippen molar-refractivity contribution in [1.82, 2.24) is 25.3 Å². The summed E-state index contributed by atoms with van der Waals surface area (Å²) < 4.78 is 12.9. The van der Waals surface area contributed by atoms with Crippen LogP contribution in [0.4, 0.5) is 5.82 Å². The van der Waals surface area contributed by atoms with Crippen LogP contribution >= 0.6 is 0 Å². The van der Waals surface area contributed by atoms with Gasteiger partial charge in [-0.05, 0) is 37.3 Å². The van der Waals surface area contributed by atoms with Crippen LogP contribution in [0.15, 0.2) is 48.7 Å². The number of hydrogen-bond acceptors (Lipinski definition) is 7. The zero-order valence-electron chi connectivity index (χ0n) is 15.3. The van der Waals surface area contributed by atoms with Crippen LogP contribution in [-0.4, -0.2) is 51.7 Å². The Labute approximate surface area is 161 Å². The standard InChI is InChI=1S/C19H20N6O3/c1-13-8-11-25(24-13)18-7-6-17(22-23-18)20-9-10-21-19(26)16-12-27-14-4-2-3-5-15(14)28-16/h2-8,11,16H,9-10,12H2,1H3,(H,20,22)(H,21,26). The van der Waals surface area contributed by atoms with Crippen LogP contribution in [0.3, 0.4) is 0 Å². The summed E-state index contributed by atoms with van der Waals surface area (Å²) in [5.41, 5.74) is 0.913. The second kappa shape index (κ2) is 7.95. The van der Waals surface area contributed by atoms with Crippen molar-refractivity contribution in [2.45, 2.75) is 13.0 Å². The maximum atomic E-state index is 12.2. The molecule has 0 saturated carbocycles. The fourth-order valence-electron chi connectivity index (χ4n) is 2.72. The summed E-state index contributed by atoms with van der Waals surface area (Å²) in [5.74, 6) is 2.27. The number of para-hydroxylation sites is 2. The minimum atomic E-state index is -0.661. The fourth-order valence-corrected chi connectivity index (χ4v) is 2.72. The first-order chi connectivity index (χ1) is 13.7. The van der Waals surface area contributed by atoms with Crippen molar-refractivity contribution in [1.29, 1.82) is 0 Å². The number of aryl methyl sites for hydroxylation is 1. The summed E-state index contributed by atoms with van der Waals surface area (Å²) in [4.78, 5) is 12.2. The molecular formula is C19H20N6O3. The molecule has 9 heteroatoms. The number of aromatic nitrogens is 4. The van der Waals surface area contributed by atoms with E-state index in [1.54, 1.807) is 10.7 Å². The van der Waals surface area contributed by atoms with Gasteiger partial charge in [0.1, 0.15) is 12.4 Å². The van der Waals surface area contributed by atoms with Gasteiger partial charge in [-0.3, -0.25) is 4.79 Å². The molecule has 3 aromatic rings. The Kier molecular flexibility index (Phi) is 5.05. The second-order valence-corrected chi connectivity index (χ2v) is 6.26. The number of benzene rings is 1. The summed E-state index contributed by atoms with van der Waals surface area (Å²) in [6, 6.07) is 12.8. The van der Waals surface area contributed by atoms with E-state index in [0.717, 1.165) is 5.69 Å². The highest BCUT2D eigenvalue weighted by atomic mass is 16.6. The van der Waals surface area contributed by atoms with E-state index >= 15 is 0 Å². The van der Waals surface area contributed by atoms with Crippen molar-refractivity contribution >= 4 is 11.7 Å². The zero-order chi connectivity index (χ0) is 19.3. The van der Waals surface area contributed by atoms with E-state index in [-0.39, 0.29) is 12.5 Å². The highest BCUT2D eigenvalue weighted by molar-refractivity contribution is 5.81. The third-order valence-electron chi connectivity index (χ3n) is 4.14. The number of amides is 1. The molecule has 1 aromatic carbocycles. The molecule has 0 bridgehead atoms. The molecule has 0 fully saturated rings. The molecule has 0 aliphatic carbocycles. The molecule has 3 heterocycles. The van der Waals surface area contributed by atoms with Gasteiger partial charge in [0.25, 0.3) is 5.91 Å². The molecular weight excluding hydrogens is 360 g/mol. The van der Waals surface area contributed by atoms with Crippen LogP contribution in [0.2, 0.25) is 0 Å². The first-order valence-corrected chi connectivity index (χ1v) is 8.95. The van der Waals surface area contributed by atoms with Gasteiger partial charge in [-0.1, -0.05) is 12.1 Å². The minimum Gasteiger partial charge on any atom is -0.485 e. The predicted octanol–water partition coefficient (Wildman–Crippen LogP) is 1.34. The smallest absolute Gasteiger partial charge is 0.264 e. The van der Waals surface area contributed by atoms with E-state index in [4.69, 9.17) is 9.47 Å². The highest BCUT2D eigenvalue weighted by Gasteiger charge is 2.26. The zero-order valence-corrected chi connectivity index (χ0v) is 15.3. The lowest BCUT2D eigenvalue weighted by molar-refractivity contribution is -0.130. The summed E-state index contributed by atoms with van der Waals surface area (Å²) in [6.45, 7) is 3.03. The number of anilines is 1. The van der Waals surface area contributed by atoms with Gasteiger partial charge in [0.05, 0.1) is 5.69 Å². The third kappa shape index (κ3) is 4.03. The van der Waals surface area contributed by atoms with Crippen LogP contribution < -0.4 is 20.1 Å². The first-order valence-electron chi connectivity index (χ1n) is 8.95. The predicted molar refractivity (Wildman–Crippen MR) is 102 cm³/mol. The molecule has 1 aliphatic heterocycles. The molecule has 2 aromatic heterocycles. The van der Waals surface area contributed by atoms with Crippen molar-refractivity contribution in [3.8, 4) is 17.3 Å². The Balaban J connectivity index is 1.22. The number of ether oxygens (including phenoxy) is 2. The van der Waals surface area contributed by atoms with Crippen molar-refractivity contribution < 1.29 is 14.3 Å². The molecule has 9 nitrogen and oxygen atoms in total. The molecule has 1 aliphatic rings. The highest BCUT2D eigenvalue weighted by Crippen LogP contribution is 2.30. The first kappa shape index (κ1) is 17.8. The van der Waals surface area contributed by atoms with Crippen LogP contribution in [-0.2, 0) is 4.79 Å². The molecule has 0 spiro atoms. The lowest BCUT2D eigenvalue weighted by atomic mass is 10.2. The van der Waals surface area contributed by atoms with Gasteiger partial charge in [0, 0.05) is 19.3 Å². The van der Waals surface area contributed by atoms with Crippen LogP contribution in [0, 0.1) is 6.92 Å². The Morgan fingerprint density at radius 2 is 2.00 bits per heavy atom. The maximum absolute atomic E-state index is 12.2. The van der Waals surface area contributed by atoms with E-state index in [1.165, 1.54) is 0 Å². The van der Waals surface area contributed by atoms with E-state index < -0.39 is 6.10 Å². The quantitative estimate of drug-likeness (QED) is 0.622. The number of nitrogens with one attached hydrogen (secondary N) is 2. The van der Waals surface area contributed by atoms with Gasteiger partial charge in [-0.2, -0.15) is 5.10 Å². The van der Waals surface area contributed by atoms with E-state index in [9.17, 15) is 4.79 Å². The van der Waals surface area contributed by atoms with Crippen LogP contribution in [0.5, 0.6) is 11.5 Å². The van der Waals surface area contributed by atoms with Gasteiger partial charge in [0.15, 0.2) is 17.3 Å². The molecule has 144 valence electrons. The van der Waals surface area contributed by atoms with Crippen molar-refractivity contribution in [3.05, 3.63) is 54.4 Å². The van der Waals surface area contributed by atoms with Gasteiger partial charge in [-0.15, -0.1) is 10.2 Å². The summed E-state index contributed by atoms with van der Waals surface area (Å²) in [5, 5.41) is 18.5. The average Bonchev–Trinajstić information content (AvgIpc) is 3.17. The fraction of sp³-hybridized carbons (Fsp3) is 0.263. The van der Waals surface area contributed by atoms with Gasteiger partial charge in [0.2, 0.25) is 6.10 Å². The van der Waals surface area contributed by atoms with Crippen molar-refractivity contribution in [2.24, 2.45) is 0 Å². The number of nitrogens with zero attached hydrogens (tertiary/aromatic N) is 4. The Bertz CT molecular complexity index is 956. The summed E-state index contributed by atoms with van der Waals surface area (Å²) in [6.07, 6.45) is 1.17. The van der Waals surface area contributed by atoms with Crippen molar-refractivity contribution in [3.63, 3.8) is 0 Å². The molecule has 28 heavy (non-hydrogen) atoms. The summed E-state index contributed by atoms with van der Waals surface area (Å²) in [7, 11) is 0. The molecule has 1 unspecified atom stereocenters. The topological polar surface area (TPSA) is 103 Å². The lowest BCUT2D eigenvalue weighted by Gasteiger charge is -2.25.